The summed E-state index contributed by atoms with van der Waals surface area (Å²) in [4.78, 5) is 4.05. The molecule has 1 aromatic carbocycles. The Morgan fingerprint density at radius 3 is 3.00 bits per heavy atom. The van der Waals surface area contributed by atoms with Crippen LogP contribution in [0.3, 0.4) is 0 Å². The van der Waals surface area contributed by atoms with Gasteiger partial charge in [0.15, 0.2) is 5.16 Å². The number of rotatable bonds is 5. The van der Waals surface area contributed by atoms with Gasteiger partial charge in [0.25, 0.3) is 0 Å². The van der Waals surface area contributed by atoms with Crippen LogP contribution in [0.15, 0.2) is 29.7 Å². The minimum absolute atomic E-state index is 0.476. The van der Waals surface area contributed by atoms with Crippen molar-refractivity contribution >= 4 is 11.8 Å². The van der Waals surface area contributed by atoms with Gasteiger partial charge in [-0.15, -0.1) is 0 Å². The van der Waals surface area contributed by atoms with Crippen LogP contribution in [0.4, 0.5) is 0 Å². The highest BCUT2D eigenvalue weighted by Gasteiger charge is 2.04. The van der Waals surface area contributed by atoms with E-state index in [0.717, 1.165) is 22.2 Å². The largest absolute Gasteiger partial charge is 0.496 e. The Bertz CT molecular complexity index is 472. The summed E-state index contributed by atoms with van der Waals surface area (Å²) in [7, 11) is 1.65. The van der Waals surface area contributed by atoms with Gasteiger partial charge < -0.3 is 10.5 Å². The summed E-state index contributed by atoms with van der Waals surface area (Å²) in [6.07, 6.45) is 1.50. The number of nitrogens with zero attached hydrogens (tertiary/aromatic N) is 2. The maximum Gasteiger partial charge on any atom is 0.183 e. The molecule has 2 aromatic rings. The van der Waals surface area contributed by atoms with E-state index in [4.69, 9.17) is 10.5 Å². The van der Waals surface area contributed by atoms with E-state index in [2.05, 4.69) is 21.2 Å². The van der Waals surface area contributed by atoms with Gasteiger partial charge in [-0.25, -0.2) is 4.98 Å². The second-order valence-corrected chi connectivity index (χ2v) is 4.39. The third kappa shape index (κ3) is 2.98. The van der Waals surface area contributed by atoms with E-state index in [1.165, 1.54) is 11.9 Å². The summed E-state index contributed by atoms with van der Waals surface area (Å²) in [5.41, 5.74) is 7.87. The fraction of sp³-hybridized carbons (Fsp3) is 0.273. The third-order valence-corrected chi connectivity index (χ3v) is 3.28. The average Bonchev–Trinajstić information content (AvgIpc) is 2.89. The Kier molecular flexibility index (Phi) is 4.00. The molecule has 0 saturated heterocycles. The second kappa shape index (κ2) is 5.70. The van der Waals surface area contributed by atoms with E-state index >= 15 is 0 Å². The molecule has 6 heteroatoms. The number of H-pyrrole nitrogens is 1. The fourth-order valence-corrected chi connectivity index (χ4v) is 2.22. The number of nitrogens with one attached hydrogen (secondary N) is 1. The molecule has 90 valence electrons. The van der Waals surface area contributed by atoms with Crippen LogP contribution in [0, 0.1) is 0 Å². The van der Waals surface area contributed by atoms with E-state index in [-0.39, 0.29) is 0 Å². The maximum absolute atomic E-state index is 5.67. The molecule has 0 aliphatic carbocycles. The fourth-order valence-electron chi connectivity index (χ4n) is 1.50. The summed E-state index contributed by atoms with van der Waals surface area (Å²) < 4.78 is 5.23. The number of hydrogen-bond donors (Lipinski definition) is 2. The van der Waals surface area contributed by atoms with Crippen molar-refractivity contribution < 1.29 is 4.74 Å². The van der Waals surface area contributed by atoms with Gasteiger partial charge in [0, 0.05) is 17.9 Å². The smallest absolute Gasteiger partial charge is 0.183 e. The Balaban J connectivity index is 2.06. The zero-order valence-corrected chi connectivity index (χ0v) is 10.3. The normalized spacial score (nSPS) is 10.5. The Morgan fingerprint density at radius 2 is 2.35 bits per heavy atom. The molecule has 5 nitrogen and oxygen atoms in total. The van der Waals surface area contributed by atoms with Crippen molar-refractivity contribution in [2.45, 2.75) is 17.5 Å². The summed E-state index contributed by atoms with van der Waals surface area (Å²) in [5.74, 6) is 1.66. The van der Waals surface area contributed by atoms with Crippen LogP contribution < -0.4 is 10.5 Å². The van der Waals surface area contributed by atoms with Crippen LogP contribution in [0.5, 0.6) is 5.75 Å². The van der Waals surface area contributed by atoms with Gasteiger partial charge in [0.1, 0.15) is 12.1 Å². The van der Waals surface area contributed by atoms with E-state index in [1.807, 2.05) is 12.1 Å². The number of nitrogens with two attached hydrogens (primary N) is 1. The highest BCUT2D eigenvalue weighted by molar-refractivity contribution is 7.98. The highest BCUT2D eigenvalue weighted by atomic mass is 32.2. The summed E-state index contributed by atoms with van der Waals surface area (Å²) >= 11 is 1.60. The van der Waals surface area contributed by atoms with Gasteiger partial charge in [0.2, 0.25) is 0 Å². The van der Waals surface area contributed by atoms with Crippen molar-refractivity contribution in [2.75, 3.05) is 7.11 Å². The molecule has 0 amide bonds. The predicted molar refractivity (Wildman–Crippen MR) is 66.8 cm³/mol. The van der Waals surface area contributed by atoms with Gasteiger partial charge in [-0.2, -0.15) is 5.10 Å². The number of benzene rings is 1. The van der Waals surface area contributed by atoms with Crippen LogP contribution in [-0.2, 0) is 12.3 Å². The molecule has 0 spiro atoms. The first-order valence-corrected chi connectivity index (χ1v) is 6.16. The first-order chi connectivity index (χ1) is 8.33. The second-order valence-electron chi connectivity index (χ2n) is 3.43. The van der Waals surface area contributed by atoms with Gasteiger partial charge in [0.05, 0.1) is 7.11 Å². The lowest BCUT2D eigenvalue weighted by Gasteiger charge is -2.08. The summed E-state index contributed by atoms with van der Waals surface area (Å²) in [6, 6.07) is 6.03. The number of aromatic nitrogens is 3. The van der Waals surface area contributed by atoms with Crippen molar-refractivity contribution in [1.82, 2.24) is 15.2 Å². The molecular weight excluding hydrogens is 236 g/mol. The topological polar surface area (TPSA) is 76.8 Å². The molecule has 0 unspecified atom stereocenters. The van der Waals surface area contributed by atoms with Gasteiger partial charge in [-0.3, -0.25) is 5.10 Å². The van der Waals surface area contributed by atoms with Crippen LogP contribution in [0.25, 0.3) is 0 Å². The quantitative estimate of drug-likeness (QED) is 0.788. The molecule has 1 aromatic heterocycles. The lowest BCUT2D eigenvalue weighted by atomic mass is 10.1. The van der Waals surface area contributed by atoms with Crippen molar-refractivity contribution in [3.8, 4) is 5.75 Å². The molecule has 1 heterocycles. The molecule has 0 fully saturated rings. The lowest BCUT2D eigenvalue weighted by molar-refractivity contribution is 0.409. The standard InChI is InChI=1S/C11H14N4OS/c1-16-10-3-2-8(4-9(10)5-12)6-17-11-13-7-14-15-11/h2-4,7H,5-6,12H2,1H3,(H,13,14,15). The SMILES string of the molecule is COc1ccc(CSc2ncn[nH]2)cc1CN. The van der Waals surface area contributed by atoms with Gasteiger partial charge in [-0.05, 0) is 17.7 Å². The third-order valence-electron chi connectivity index (χ3n) is 2.33. The molecule has 0 bridgehead atoms. The number of hydrogen-bond acceptors (Lipinski definition) is 5. The minimum atomic E-state index is 0.476. The van der Waals surface area contributed by atoms with E-state index < -0.39 is 0 Å². The Hall–Kier alpha value is -1.53. The van der Waals surface area contributed by atoms with Crippen molar-refractivity contribution in [3.63, 3.8) is 0 Å². The number of ether oxygens (including phenoxy) is 1. The maximum atomic E-state index is 5.67. The summed E-state index contributed by atoms with van der Waals surface area (Å²) in [6.45, 7) is 0.476. The van der Waals surface area contributed by atoms with Crippen LogP contribution in [0.2, 0.25) is 0 Å². The molecule has 0 aliphatic rings. The van der Waals surface area contributed by atoms with Crippen LogP contribution >= 0.6 is 11.8 Å². The molecule has 0 radical (unpaired) electrons. The van der Waals surface area contributed by atoms with Gasteiger partial charge in [-0.1, -0.05) is 17.8 Å². The highest BCUT2D eigenvalue weighted by Crippen LogP contribution is 2.23. The lowest BCUT2D eigenvalue weighted by Crippen LogP contribution is -2.00. The average molecular weight is 250 g/mol. The molecule has 0 aliphatic heterocycles. The number of methoxy groups -OCH3 is 1. The molecule has 3 N–H and O–H groups in total. The molecule has 0 atom stereocenters. The first kappa shape index (κ1) is 11.9. The predicted octanol–water partition coefficient (Wildman–Crippen LogP) is 1.56. The van der Waals surface area contributed by atoms with Gasteiger partial charge >= 0.3 is 0 Å². The minimum Gasteiger partial charge on any atom is -0.496 e. The van der Waals surface area contributed by atoms with E-state index in [1.54, 1.807) is 18.9 Å². The number of thioether (sulfide) groups is 1. The Labute approximate surface area is 104 Å². The van der Waals surface area contributed by atoms with E-state index in [9.17, 15) is 0 Å². The molecule has 2 rings (SSSR count). The monoisotopic (exact) mass is 250 g/mol. The first-order valence-electron chi connectivity index (χ1n) is 5.17. The number of aromatic amines is 1. The van der Waals surface area contributed by atoms with Crippen LogP contribution in [-0.4, -0.2) is 22.3 Å². The van der Waals surface area contributed by atoms with Crippen molar-refractivity contribution in [3.05, 3.63) is 35.7 Å². The summed E-state index contributed by atoms with van der Waals surface area (Å²) in [5, 5.41) is 7.42. The zero-order valence-electron chi connectivity index (χ0n) is 9.51. The zero-order chi connectivity index (χ0) is 12.1. The van der Waals surface area contributed by atoms with Crippen molar-refractivity contribution in [1.29, 1.82) is 0 Å². The van der Waals surface area contributed by atoms with Crippen LogP contribution in [0.1, 0.15) is 11.1 Å². The molecule has 0 saturated carbocycles. The Morgan fingerprint density at radius 1 is 1.47 bits per heavy atom. The van der Waals surface area contributed by atoms with E-state index in [0.29, 0.717) is 6.54 Å². The molecule has 17 heavy (non-hydrogen) atoms. The molecular formula is C11H14N4OS. The van der Waals surface area contributed by atoms with Crippen molar-refractivity contribution in [2.24, 2.45) is 5.73 Å².